The molecule has 1 aromatic heterocycles. The topological polar surface area (TPSA) is 0 Å². The molecule has 0 saturated carbocycles. The van der Waals surface area contributed by atoms with Crippen molar-refractivity contribution in [1.29, 1.82) is 0 Å². The van der Waals surface area contributed by atoms with Crippen molar-refractivity contribution in [3.63, 3.8) is 0 Å². The molecule has 0 unspecified atom stereocenters. The van der Waals surface area contributed by atoms with E-state index in [0.29, 0.717) is 5.25 Å². The quantitative estimate of drug-likeness (QED) is 0.632. The lowest BCUT2D eigenvalue weighted by atomic mass is 10.2. The Bertz CT molecular complexity index is 236. The second-order valence-corrected chi connectivity index (χ2v) is 5.72. The van der Waals surface area contributed by atoms with Crippen LogP contribution in [-0.2, 0) is 0 Å². The van der Waals surface area contributed by atoms with Crippen LogP contribution < -0.4 is 0 Å². The van der Waals surface area contributed by atoms with Crippen LogP contribution in [0.3, 0.4) is 0 Å². The van der Waals surface area contributed by atoms with Crippen LogP contribution in [0.1, 0.15) is 25.0 Å². The molecule has 11 heavy (non-hydrogen) atoms. The number of thiophene rings is 1. The number of hydrogen-bond donors (Lipinski definition) is 0. The van der Waals surface area contributed by atoms with Crippen molar-refractivity contribution in [1.82, 2.24) is 0 Å². The molecule has 62 valence electrons. The molecule has 0 fully saturated rings. The van der Waals surface area contributed by atoms with Gasteiger partial charge in [0.15, 0.2) is 0 Å². The van der Waals surface area contributed by atoms with Gasteiger partial charge in [-0.1, -0.05) is 13.8 Å². The maximum atomic E-state index is 2.24. The molecular formula is C9H14S2. The van der Waals surface area contributed by atoms with Gasteiger partial charge in [0.25, 0.3) is 0 Å². The molecule has 0 aliphatic rings. The first-order chi connectivity index (χ1) is 5.11. The zero-order chi connectivity index (χ0) is 8.43. The lowest BCUT2D eigenvalue weighted by Crippen LogP contribution is -1.84. The smallest absolute Gasteiger partial charge is 0.0633 e. The minimum absolute atomic E-state index is 0.701. The van der Waals surface area contributed by atoms with E-state index < -0.39 is 0 Å². The Kier molecular flexibility index (Phi) is 3.02. The van der Waals surface area contributed by atoms with Gasteiger partial charge in [-0.25, -0.2) is 0 Å². The summed E-state index contributed by atoms with van der Waals surface area (Å²) < 4.78 is 1.48. The van der Waals surface area contributed by atoms with Gasteiger partial charge < -0.3 is 0 Å². The molecule has 0 aromatic carbocycles. The third kappa shape index (κ3) is 2.24. The first-order valence-corrected chi connectivity index (χ1v) is 5.58. The first-order valence-electron chi connectivity index (χ1n) is 3.82. The maximum Gasteiger partial charge on any atom is 0.0633 e. The fraction of sp³-hybridized carbons (Fsp3) is 0.556. The Labute approximate surface area is 77.0 Å². The highest BCUT2D eigenvalue weighted by molar-refractivity contribution is 8.01. The molecule has 1 rings (SSSR count). The van der Waals surface area contributed by atoms with E-state index >= 15 is 0 Å². The molecular weight excluding hydrogens is 172 g/mol. The van der Waals surface area contributed by atoms with E-state index in [-0.39, 0.29) is 0 Å². The number of rotatable bonds is 2. The zero-order valence-electron chi connectivity index (χ0n) is 7.47. The van der Waals surface area contributed by atoms with Gasteiger partial charge in [-0.3, -0.25) is 0 Å². The van der Waals surface area contributed by atoms with Gasteiger partial charge in [-0.05, 0) is 30.4 Å². The predicted molar refractivity (Wildman–Crippen MR) is 54.8 cm³/mol. The van der Waals surface area contributed by atoms with E-state index in [0.717, 1.165) is 0 Å². The average molecular weight is 186 g/mol. The van der Waals surface area contributed by atoms with E-state index in [9.17, 15) is 0 Å². The van der Waals surface area contributed by atoms with Crippen LogP contribution in [0.5, 0.6) is 0 Å². The zero-order valence-corrected chi connectivity index (χ0v) is 9.10. The van der Waals surface area contributed by atoms with Crippen molar-refractivity contribution >= 4 is 23.1 Å². The molecule has 0 radical (unpaired) electrons. The summed E-state index contributed by atoms with van der Waals surface area (Å²) in [5.74, 6) is 0. The molecule has 0 aliphatic carbocycles. The van der Waals surface area contributed by atoms with E-state index in [2.05, 4.69) is 33.1 Å². The minimum Gasteiger partial charge on any atom is -0.137 e. The fourth-order valence-corrected chi connectivity index (χ4v) is 3.32. The van der Waals surface area contributed by atoms with Gasteiger partial charge in [0.05, 0.1) is 4.21 Å². The van der Waals surface area contributed by atoms with Crippen molar-refractivity contribution in [3.05, 3.63) is 16.5 Å². The number of thioether (sulfide) groups is 1. The summed E-state index contributed by atoms with van der Waals surface area (Å²) in [5.41, 5.74) is 2.90. The van der Waals surface area contributed by atoms with E-state index in [1.165, 1.54) is 15.3 Å². The van der Waals surface area contributed by atoms with Crippen LogP contribution in [0, 0.1) is 13.8 Å². The summed E-state index contributed by atoms with van der Waals surface area (Å²) in [6.07, 6.45) is 0. The van der Waals surface area contributed by atoms with Gasteiger partial charge in [0.1, 0.15) is 0 Å². The Morgan fingerprint density at radius 2 is 2.00 bits per heavy atom. The molecule has 0 spiro atoms. The minimum atomic E-state index is 0.701. The molecule has 0 amide bonds. The number of hydrogen-bond acceptors (Lipinski definition) is 2. The normalized spacial score (nSPS) is 11.0. The summed E-state index contributed by atoms with van der Waals surface area (Å²) in [6, 6.07) is 0. The highest BCUT2D eigenvalue weighted by atomic mass is 32.2. The van der Waals surface area contributed by atoms with Gasteiger partial charge >= 0.3 is 0 Å². The monoisotopic (exact) mass is 186 g/mol. The highest BCUT2D eigenvalue weighted by Gasteiger charge is 2.05. The number of aryl methyl sites for hydroxylation is 1. The third-order valence-corrected chi connectivity index (χ3v) is 4.14. The van der Waals surface area contributed by atoms with Crippen molar-refractivity contribution in [2.45, 2.75) is 37.2 Å². The van der Waals surface area contributed by atoms with Crippen LogP contribution in [0.25, 0.3) is 0 Å². The van der Waals surface area contributed by atoms with Crippen LogP contribution in [0.15, 0.2) is 9.59 Å². The molecule has 1 aromatic rings. The van der Waals surface area contributed by atoms with E-state index in [4.69, 9.17) is 0 Å². The molecule has 0 saturated heterocycles. The summed E-state index contributed by atoms with van der Waals surface area (Å²) in [7, 11) is 0. The summed E-state index contributed by atoms with van der Waals surface area (Å²) in [6.45, 7) is 8.85. The molecule has 1 heterocycles. The lowest BCUT2D eigenvalue weighted by Gasteiger charge is -2.02. The molecule has 0 aliphatic heterocycles. The van der Waals surface area contributed by atoms with Gasteiger partial charge in [-0.15, -0.1) is 23.1 Å². The standard InChI is InChI=1S/C9H14S2/c1-6(2)11-9-8(4)7(3)5-10-9/h5-6H,1-4H3. The van der Waals surface area contributed by atoms with Crippen molar-refractivity contribution in [3.8, 4) is 0 Å². The highest BCUT2D eigenvalue weighted by Crippen LogP contribution is 2.33. The molecule has 0 nitrogen and oxygen atoms in total. The first kappa shape index (κ1) is 9.14. The third-order valence-electron chi connectivity index (χ3n) is 1.58. The Morgan fingerprint density at radius 1 is 1.36 bits per heavy atom. The van der Waals surface area contributed by atoms with Crippen LogP contribution in [-0.4, -0.2) is 5.25 Å². The van der Waals surface area contributed by atoms with Gasteiger partial charge in [-0.2, -0.15) is 0 Å². The van der Waals surface area contributed by atoms with Gasteiger partial charge in [0, 0.05) is 5.25 Å². The van der Waals surface area contributed by atoms with Crippen LogP contribution >= 0.6 is 23.1 Å². The summed E-state index contributed by atoms with van der Waals surface area (Å²) in [4.78, 5) is 0. The van der Waals surface area contributed by atoms with Gasteiger partial charge in [0.2, 0.25) is 0 Å². The predicted octanol–water partition coefficient (Wildman–Crippen LogP) is 3.87. The Hall–Kier alpha value is 0.0500. The van der Waals surface area contributed by atoms with Crippen molar-refractivity contribution < 1.29 is 0 Å². The molecule has 0 bridgehead atoms. The molecule has 2 heteroatoms. The summed E-state index contributed by atoms with van der Waals surface area (Å²) in [5, 5.41) is 2.94. The average Bonchev–Trinajstić information content (AvgIpc) is 2.18. The lowest BCUT2D eigenvalue weighted by molar-refractivity contribution is 1.11. The Morgan fingerprint density at radius 3 is 2.36 bits per heavy atom. The SMILES string of the molecule is Cc1csc(SC(C)C)c1C. The van der Waals surface area contributed by atoms with Crippen LogP contribution in [0.2, 0.25) is 0 Å². The van der Waals surface area contributed by atoms with E-state index in [1.54, 1.807) is 0 Å². The largest absolute Gasteiger partial charge is 0.137 e. The van der Waals surface area contributed by atoms with Crippen LogP contribution in [0.4, 0.5) is 0 Å². The summed E-state index contributed by atoms with van der Waals surface area (Å²) >= 11 is 3.83. The second kappa shape index (κ2) is 3.63. The fourth-order valence-electron chi connectivity index (χ4n) is 0.810. The van der Waals surface area contributed by atoms with Crippen molar-refractivity contribution in [2.75, 3.05) is 0 Å². The molecule has 0 atom stereocenters. The maximum absolute atomic E-state index is 2.24. The second-order valence-electron chi connectivity index (χ2n) is 3.00. The Balaban J connectivity index is 2.79. The van der Waals surface area contributed by atoms with E-state index in [1.807, 2.05) is 23.1 Å². The molecule has 0 N–H and O–H groups in total. The van der Waals surface area contributed by atoms with Crippen molar-refractivity contribution in [2.24, 2.45) is 0 Å².